The van der Waals surface area contributed by atoms with Crippen molar-refractivity contribution in [3.63, 3.8) is 0 Å². The second kappa shape index (κ2) is 5.61. The summed E-state index contributed by atoms with van der Waals surface area (Å²) >= 11 is 0. The van der Waals surface area contributed by atoms with E-state index in [1.807, 2.05) is 0 Å². The number of H-pyrrole nitrogens is 1. The third-order valence-corrected chi connectivity index (χ3v) is 3.68. The van der Waals surface area contributed by atoms with E-state index in [0.29, 0.717) is 17.3 Å². The molecule has 1 atom stereocenters. The summed E-state index contributed by atoms with van der Waals surface area (Å²) < 4.78 is 13.3. The molecule has 0 spiro atoms. The van der Waals surface area contributed by atoms with Crippen LogP contribution in [0.25, 0.3) is 11.3 Å². The van der Waals surface area contributed by atoms with Crippen molar-refractivity contribution in [3.05, 3.63) is 46.2 Å². The zero-order chi connectivity index (χ0) is 14.8. The SMILES string of the molecule is O=[N+]([O-])c1cc(-c2cnc(CC3CCCN3)[nH]2)ccc1F. The van der Waals surface area contributed by atoms with Gasteiger partial charge < -0.3 is 10.3 Å². The molecule has 0 bridgehead atoms. The number of aromatic nitrogens is 2. The van der Waals surface area contributed by atoms with Crippen molar-refractivity contribution in [1.29, 1.82) is 0 Å². The number of benzene rings is 1. The molecule has 2 aromatic rings. The molecule has 110 valence electrons. The largest absolute Gasteiger partial charge is 0.342 e. The van der Waals surface area contributed by atoms with Crippen molar-refractivity contribution in [2.24, 2.45) is 0 Å². The van der Waals surface area contributed by atoms with E-state index in [0.717, 1.165) is 31.3 Å². The zero-order valence-corrected chi connectivity index (χ0v) is 11.3. The van der Waals surface area contributed by atoms with Crippen LogP contribution in [0, 0.1) is 15.9 Å². The molecule has 7 heteroatoms. The number of hydrogen-bond donors (Lipinski definition) is 2. The Kier molecular flexibility index (Phi) is 3.66. The summed E-state index contributed by atoms with van der Waals surface area (Å²) in [6.07, 6.45) is 4.71. The molecule has 1 aromatic heterocycles. The maximum atomic E-state index is 13.3. The van der Waals surface area contributed by atoms with E-state index in [9.17, 15) is 14.5 Å². The lowest BCUT2D eigenvalue weighted by atomic mass is 10.1. The first-order valence-electron chi connectivity index (χ1n) is 6.85. The minimum Gasteiger partial charge on any atom is -0.342 e. The average Bonchev–Trinajstić information content (AvgIpc) is 3.11. The van der Waals surface area contributed by atoms with Crippen molar-refractivity contribution in [2.45, 2.75) is 25.3 Å². The van der Waals surface area contributed by atoms with Crippen molar-refractivity contribution < 1.29 is 9.31 Å². The summed E-state index contributed by atoms with van der Waals surface area (Å²) in [6.45, 7) is 1.03. The van der Waals surface area contributed by atoms with Crippen LogP contribution in [0.1, 0.15) is 18.7 Å². The van der Waals surface area contributed by atoms with Gasteiger partial charge in [0.15, 0.2) is 0 Å². The van der Waals surface area contributed by atoms with Gasteiger partial charge in [-0.2, -0.15) is 4.39 Å². The molecule has 6 nitrogen and oxygen atoms in total. The Bertz CT molecular complexity index is 665. The van der Waals surface area contributed by atoms with E-state index in [1.165, 1.54) is 18.6 Å². The summed E-state index contributed by atoms with van der Waals surface area (Å²) in [6, 6.07) is 4.26. The van der Waals surface area contributed by atoms with Gasteiger partial charge in [0.1, 0.15) is 5.82 Å². The molecule has 0 amide bonds. The lowest BCUT2D eigenvalue weighted by Gasteiger charge is -2.06. The van der Waals surface area contributed by atoms with Crippen LogP contribution in [0.4, 0.5) is 10.1 Å². The Morgan fingerprint density at radius 1 is 1.48 bits per heavy atom. The average molecular weight is 290 g/mol. The highest BCUT2D eigenvalue weighted by Gasteiger charge is 2.18. The fraction of sp³-hybridized carbons (Fsp3) is 0.357. The number of rotatable bonds is 4. The van der Waals surface area contributed by atoms with Crippen LogP contribution in [0.3, 0.4) is 0 Å². The topological polar surface area (TPSA) is 83.8 Å². The highest BCUT2D eigenvalue weighted by Crippen LogP contribution is 2.25. The van der Waals surface area contributed by atoms with Crippen molar-refractivity contribution >= 4 is 5.69 Å². The lowest BCUT2D eigenvalue weighted by Crippen LogP contribution is -2.24. The van der Waals surface area contributed by atoms with Gasteiger partial charge in [-0.15, -0.1) is 0 Å². The molecule has 3 rings (SSSR count). The van der Waals surface area contributed by atoms with E-state index >= 15 is 0 Å². The Hall–Kier alpha value is -2.28. The molecule has 1 aliphatic heterocycles. The molecule has 1 fully saturated rings. The van der Waals surface area contributed by atoms with Gasteiger partial charge in [-0.25, -0.2) is 4.98 Å². The van der Waals surface area contributed by atoms with Crippen LogP contribution < -0.4 is 5.32 Å². The maximum absolute atomic E-state index is 13.3. The zero-order valence-electron chi connectivity index (χ0n) is 11.3. The molecular weight excluding hydrogens is 275 g/mol. The summed E-state index contributed by atoms with van der Waals surface area (Å²) in [5.74, 6) is -0.00461. The van der Waals surface area contributed by atoms with E-state index in [1.54, 1.807) is 6.20 Å². The smallest absolute Gasteiger partial charge is 0.305 e. The predicted octanol–water partition coefficient (Wildman–Crippen LogP) is 2.42. The molecule has 0 saturated carbocycles. The normalized spacial score (nSPS) is 18.0. The van der Waals surface area contributed by atoms with Crippen LogP contribution in [0.5, 0.6) is 0 Å². The van der Waals surface area contributed by atoms with Gasteiger partial charge in [-0.05, 0) is 31.5 Å². The second-order valence-corrected chi connectivity index (χ2v) is 5.16. The molecule has 0 radical (unpaired) electrons. The van der Waals surface area contributed by atoms with Gasteiger partial charge in [0, 0.05) is 24.1 Å². The Morgan fingerprint density at radius 2 is 2.33 bits per heavy atom. The maximum Gasteiger partial charge on any atom is 0.305 e. The van der Waals surface area contributed by atoms with Gasteiger partial charge in [0.25, 0.3) is 0 Å². The van der Waals surface area contributed by atoms with Gasteiger partial charge in [-0.1, -0.05) is 0 Å². The van der Waals surface area contributed by atoms with E-state index < -0.39 is 16.4 Å². The molecule has 21 heavy (non-hydrogen) atoms. The van der Waals surface area contributed by atoms with E-state index in [4.69, 9.17) is 0 Å². The van der Waals surface area contributed by atoms with Crippen molar-refractivity contribution in [3.8, 4) is 11.3 Å². The predicted molar refractivity (Wildman–Crippen MR) is 75.4 cm³/mol. The van der Waals surface area contributed by atoms with Gasteiger partial charge >= 0.3 is 5.69 Å². The summed E-state index contributed by atoms with van der Waals surface area (Å²) in [4.78, 5) is 17.5. The Morgan fingerprint density at radius 3 is 3.05 bits per heavy atom. The molecular formula is C14H15FN4O2. The number of nitrogens with one attached hydrogen (secondary N) is 2. The van der Waals surface area contributed by atoms with E-state index in [-0.39, 0.29) is 0 Å². The first kappa shape index (κ1) is 13.7. The summed E-state index contributed by atoms with van der Waals surface area (Å²) in [7, 11) is 0. The Labute approximate surface area is 120 Å². The first-order valence-corrected chi connectivity index (χ1v) is 6.85. The highest BCUT2D eigenvalue weighted by molar-refractivity contribution is 5.62. The Balaban J connectivity index is 1.82. The number of hydrogen-bond acceptors (Lipinski definition) is 4. The first-order chi connectivity index (χ1) is 10.1. The monoisotopic (exact) mass is 290 g/mol. The fourth-order valence-corrected chi connectivity index (χ4v) is 2.60. The molecule has 1 aliphatic rings. The second-order valence-electron chi connectivity index (χ2n) is 5.16. The van der Waals surface area contributed by atoms with Crippen molar-refractivity contribution in [2.75, 3.05) is 6.54 Å². The number of halogens is 1. The molecule has 0 aliphatic carbocycles. The lowest BCUT2D eigenvalue weighted by molar-refractivity contribution is -0.387. The fourth-order valence-electron chi connectivity index (χ4n) is 2.60. The number of nitro benzene ring substituents is 1. The summed E-state index contributed by atoms with van der Waals surface area (Å²) in [5, 5.41) is 14.2. The summed E-state index contributed by atoms with van der Waals surface area (Å²) in [5.41, 5.74) is 0.688. The molecule has 2 heterocycles. The van der Waals surface area contributed by atoms with Crippen LogP contribution in [-0.4, -0.2) is 27.5 Å². The molecule has 2 N–H and O–H groups in total. The third-order valence-electron chi connectivity index (χ3n) is 3.68. The van der Waals surface area contributed by atoms with Gasteiger partial charge in [0.05, 0.1) is 16.8 Å². The van der Waals surface area contributed by atoms with E-state index in [2.05, 4.69) is 15.3 Å². The third kappa shape index (κ3) is 2.92. The van der Waals surface area contributed by atoms with Crippen LogP contribution in [0.15, 0.2) is 24.4 Å². The quantitative estimate of drug-likeness (QED) is 0.669. The number of imidazole rings is 1. The standard InChI is InChI=1S/C14H15FN4O2/c15-11-4-3-9(6-13(11)19(20)21)12-8-17-14(18-12)7-10-2-1-5-16-10/h3-4,6,8,10,16H,1-2,5,7H2,(H,17,18). The van der Waals surface area contributed by atoms with Crippen LogP contribution >= 0.6 is 0 Å². The minimum absolute atomic E-state index is 0.423. The van der Waals surface area contributed by atoms with Gasteiger partial charge in [0.2, 0.25) is 5.82 Å². The van der Waals surface area contributed by atoms with Crippen LogP contribution in [-0.2, 0) is 6.42 Å². The van der Waals surface area contributed by atoms with Gasteiger partial charge in [-0.3, -0.25) is 10.1 Å². The van der Waals surface area contributed by atoms with Crippen LogP contribution in [0.2, 0.25) is 0 Å². The minimum atomic E-state index is -0.835. The molecule has 1 unspecified atom stereocenters. The highest BCUT2D eigenvalue weighted by atomic mass is 19.1. The number of aromatic amines is 1. The van der Waals surface area contributed by atoms with Crippen molar-refractivity contribution in [1.82, 2.24) is 15.3 Å². The number of nitrogens with zero attached hydrogens (tertiary/aromatic N) is 2. The number of nitro groups is 1. The molecule has 1 aromatic carbocycles. The molecule has 1 saturated heterocycles.